The lowest BCUT2D eigenvalue weighted by molar-refractivity contribution is -0.136. The van der Waals surface area contributed by atoms with Crippen LogP contribution in [0.25, 0.3) is 0 Å². The zero-order valence-electron chi connectivity index (χ0n) is 14.6. The Morgan fingerprint density at radius 2 is 2.04 bits per heavy atom. The first kappa shape index (κ1) is 17.9. The lowest BCUT2D eigenvalue weighted by Crippen LogP contribution is -2.38. The van der Waals surface area contributed by atoms with E-state index in [0.717, 1.165) is 15.7 Å². The van der Waals surface area contributed by atoms with E-state index in [-0.39, 0.29) is 29.9 Å². The first-order valence-electron chi connectivity index (χ1n) is 8.81. The zero-order valence-corrected chi connectivity index (χ0v) is 16.2. The second kappa shape index (κ2) is 7.23. The molecular weight excluding hydrogens is 412 g/mol. The lowest BCUT2D eigenvalue weighted by atomic mass is 10.1. The van der Waals surface area contributed by atoms with Gasteiger partial charge in [-0.25, -0.2) is 0 Å². The number of hydrogen-bond donors (Lipinski definition) is 1. The van der Waals surface area contributed by atoms with Gasteiger partial charge in [0.2, 0.25) is 11.8 Å². The Balaban J connectivity index is 1.51. The summed E-state index contributed by atoms with van der Waals surface area (Å²) in [7, 11) is 0. The predicted molar refractivity (Wildman–Crippen MR) is 104 cm³/mol. The predicted octanol–water partition coefficient (Wildman–Crippen LogP) is 2.93. The standard InChI is InChI=1S/C20H19BrN2O4/c21-16-3-1-2-4-17(16)23-12-14(9-19(23)25)20(26)22-7-8-27-18-10-15(24)6-5-13(18)11-22/h1-6,10,14,24H,7-9,11-12H2. The topological polar surface area (TPSA) is 70.1 Å². The van der Waals surface area contributed by atoms with Crippen molar-refractivity contribution in [2.75, 3.05) is 24.6 Å². The third kappa shape index (κ3) is 3.51. The molecule has 2 heterocycles. The molecule has 2 aliphatic rings. The summed E-state index contributed by atoms with van der Waals surface area (Å²) in [5.74, 6) is 0.281. The number of phenols is 1. The Bertz CT molecular complexity index is 901. The van der Waals surface area contributed by atoms with Gasteiger partial charge in [0.1, 0.15) is 18.1 Å². The van der Waals surface area contributed by atoms with Crippen molar-refractivity contribution in [2.45, 2.75) is 13.0 Å². The summed E-state index contributed by atoms with van der Waals surface area (Å²) in [5, 5.41) is 9.61. The highest BCUT2D eigenvalue weighted by molar-refractivity contribution is 9.10. The fourth-order valence-corrected chi connectivity index (χ4v) is 4.08. The van der Waals surface area contributed by atoms with E-state index >= 15 is 0 Å². The van der Waals surface area contributed by atoms with Crippen LogP contribution in [0.2, 0.25) is 0 Å². The monoisotopic (exact) mass is 430 g/mol. The molecule has 2 aromatic carbocycles. The number of aromatic hydroxyl groups is 1. The van der Waals surface area contributed by atoms with Crippen molar-refractivity contribution in [1.29, 1.82) is 0 Å². The normalized spacial score (nSPS) is 19.4. The van der Waals surface area contributed by atoms with Crippen LogP contribution in [0.15, 0.2) is 46.9 Å². The maximum Gasteiger partial charge on any atom is 0.228 e. The summed E-state index contributed by atoms with van der Waals surface area (Å²) in [6.45, 7) is 1.60. The van der Waals surface area contributed by atoms with Gasteiger partial charge < -0.3 is 19.6 Å². The van der Waals surface area contributed by atoms with Crippen LogP contribution in [0, 0.1) is 5.92 Å². The molecule has 0 spiro atoms. The maximum absolute atomic E-state index is 13.1. The Kier molecular flexibility index (Phi) is 4.78. The van der Waals surface area contributed by atoms with Crippen molar-refractivity contribution in [3.63, 3.8) is 0 Å². The number of carbonyl (C=O) groups excluding carboxylic acids is 2. The molecule has 2 aliphatic heterocycles. The average Bonchev–Trinajstić information content (AvgIpc) is 2.91. The number of halogens is 1. The van der Waals surface area contributed by atoms with Crippen molar-refractivity contribution >= 4 is 33.4 Å². The number of hydrogen-bond acceptors (Lipinski definition) is 4. The van der Waals surface area contributed by atoms with Crippen LogP contribution in [0.5, 0.6) is 11.5 Å². The van der Waals surface area contributed by atoms with Crippen LogP contribution in [0.1, 0.15) is 12.0 Å². The van der Waals surface area contributed by atoms with Gasteiger partial charge in [-0.3, -0.25) is 9.59 Å². The second-order valence-electron chi connectivity index (χ2n) is 6.76. The van der Waals surface area contributed by atoms with E-state index in [2.05, 4.69) is 15.9 Å². The van der Waals surface area contributed by atoms with Crippen LogP contribution in [0.3, 0.4) is 0 Å². The molecule has 0 saturated carbocycles. The maximum atomic E-state index is 13.1. The van der Waals surface area contributed by atoms with Gasteiger partial charge >= 0.3 is 0 Å². The number of anilines is 1. The number of rotatable bonds is 2. The second-order valence-corrected chi connectivity index (χ2v) is 7.61. The van der Waals surface area contributed by atoms with Crippen molar-refractivity contribution < 1.29 is 19.4 Å². The molecule has 2 amide bonds. The minimum Gasteiger partial charge on any atom is -0.508 e. The van der Waals surface area contributed by atoms with E-state index in [4.69, 9.17) is 4.74 Å². The fraction of sp³-hybridized carbons (Fsp3) is 0.300. The van der Waals surface area contributed by atoms with Crippen LogP contribution in [-0.2, 0) is 16.1 Å². The zero-order chi connectivity index (χ0) is 19.0. The third-order valence-electron chi connectivity index (χ3n) is 4.96. The van der Waals surface area contributed by atoms with Crippen LogP contribution < -0.4 is 9.64 Å². The molecule has 27 heavy (non-hydrogen) atoms. The van der Waals surface area contributed by atoms with E-state index in [0.29, 0.717) is 32.0 Å². The molecule has 1 saturated heterocycles. The van der Waals surface area contributed by atoms with E-state index < -0.39 is 0 Å². The smallest absolute Gasteiger partial charge is 0.228 e. The number of benzene rings is 2. The summed E-state index contributed by atoms with van der Waals surface area (Å²) in [6.07, 6.45) is 0.208. The molecule has 2 aromatic rings. The van der Waals surface area contributed by atoms with Gasteiger partial charge in [0.25, 0.3) is 0 Å². The van der Waals surface area contributed by atoms with E-state index in [1.807, 2.05) is 24.3 Å². The molecule has 4 rings (SSSR count). The molecule has 7 heteroatoms. The van der Waals surface area contributed by atoms with Gasteiger partial charge in [-0.15, -0.1) is 0 Å². The lowest BCUT2D eigenvalue weighted by Gasteiger charge is -2.24. The molecule has 0 bridgehead atoms. The van der Waals surface area contributed by atoms with Crippen molar-refractivity contribution in [3.8, 4) is 11.5 Å². The third-order valence-corrected chi connectivity index (χ3v) is 5.63. The Morgan fingerprint density at radius 1 is 1.22 bits per heavy atom. The Morgan fingerprint density at radius 3 is 2.85 bits per heavy atom. The molecule has 6 nitrogen and oxygen atoms in total. The van der Waals surface area contributed by atoms with Gasteiger partial charge in [-0.2, -0.15) is 0 Å². The van der Waals surface area contributed by atoms with E-state index in [9.17, 15) is 14.7 Å². The summed E-state index contributed by atoms with van der Waals surface area (Å²) in [4.78, 5) is 29.0. The number of carbonyl (C=O) groups is 2. The van der Waals surface area contributed by atoms with Crippen LogP contribution >= 0.6 is 15.9 Å². The Hall–Kier alpha value is -2.54. The largest absolute Gasteiger partial charge is 0.508 e. The first-order chi connectivity index (χ1) is 13.0. The van der Waals surface area contributed by atoms with Crippen LogP contribution in [0.4, 0.5) is 5.69 Å². The minimum atomic E-state index is -0.372. The van der Waals surface area contributed by atoms with Crippen LogP contribution in [-0.4, -0.2) is 41.5 Å². The number of fused-ring (bicyclic) bond motifs is 1. The van der Waals surface area contributed by atoms with E-state index in [1.54, 1.807) is 28.0 Å². The number of phenolic OH excluding ortho intramolecular Hbond substituents is 1. The van der Waals surface area contributed by atoms with E-state index in [1.165, 1.54) is 0 Å². The number of amides is 2. The number of para-hydroxylation sites is 1. The highest BCUT2D eigenvalue weighted by atomic mass is 79.9. The summed E-state index contributed by atoms with van der Waals surface area (Å²) in [6, 6.07) is 12.4. The van der Waals surface area contributed by atoms with Gasteiger partial charge in [0.05, 0.1) is 18.2 Å². The van der Waals surface area contributed by atoms with Gasteiger partial charge in [0, 0.05) is 35.6 Å². The highest BCUT2D eigenvalue weighted by Gasteiger charge is 2.38. The summed E-state index contributed by atoms with van der Waals surface area (Å²) in [5.41, 5.74) is 1.64. The molecule has 1 fully saturated rings. The quantitative estimate of drug-likeness (QED) is 0.794. The van der Waals surface area contributed by atoms with Gasteiger partial charge in [-0.05, 0) is 40.2 Å². The van der Waals surface area contributed by atoms with Crippen molar-refractivity contribution in [2.24, 2.45) is 5.92 Å². The van der Waals surface area contributed by atoms with Gasteiger partial charge in [0.15, 0.2) is 0 Å². The van der Waals surface area contributed by atoms with Crippen molar-refractivity contribution in [3.05, 3.63) is 52.5 Å². The van der Waals surface area contributed by atoms with Crippen molar-refractivity contribution in [1.82, 2.24) is 4.90 Å². The van der Waals surface area contributed by atoms with Gasteiger partial charge in [-0.1, -0.05) is 12.1 Å². The average molecular weight is 431 g/mol. The molecule has 1 N–H and O–H groups in total. The number of ether oxygens (including phenoxy) is 1. The molecule has 0 aromatic heterocycles. The first-order valence-corrected chi connectivity index (χ1v) is 9.60. The molecule has 1 unspecified atom stereocenters. The molecule has 1 atom stereocenters. The Labute approximate surface area is 165 Å². The summed E-state index contributed by atoms with van der Waals surface area (Å²) < 4.78 is 6.50. The molecule has 0 aliphatic carbocycles. The molecule has 0 radical (unpaired) electrons. The summed E-state index contributed by atoms with van der Waals surface area (Å²) >= 11 is 3.48. The fourth-order valence-electron chi connectivity index (χ4n) is 3.58. The minimum absolute atomic E-state index is 0.0394. The molecular formula is C20H19BrN2O4. The SMILES string of the molecule is O=C(C1CC(=O)N(c2ccccc2Br)C1)N1CCOc2cc(O)ccc2C1. The molecule has 140 valence electrons. The number of nitrogens with zero attached hydrogens (tertiary/aromatic N) is 2. The highest BCUT2D eigenvalue weighted by Crippen LogP contribution is 2.33.